The summed E-state index contributed by atoms with van der Waals surface area (Å²) >= 11 is 0. The van der Waals surface area contributed by atoms with Crippen LogP contribution in [-0.4, -0.2) is 23.1 Å². The Bertz CT molecular complexity index is 518. The molecule has 3 N–H and O–H groups in total. The largest absolute Gasteiger partial charge is 0.481 e. The number of hydrogen-bond donors (Lipinski definition) is 3. The van der Waals surface area contributed by atoms with Gasteiger partial charge in [0.15, 0.2) is 0 Å². The highest BCUT2D eigenvalue weighted by atomic mass is 16.4. The number of hydrogen-bond acceptors (Lipinski definition) is 2. The lowest BCUT2D eigenvalue weighted by Crippen LogP contribution is -2.50. The minimum Gasteiger partial charge on any atom is -0.481 e. The molecule has 1 fully saturated rings. The molecule has 1 saturated carbocycles. The Labute approximate surface area is 124 Å². The first-order valence-corrected chi connectivity index (χ1v) is 7.29. The topological polar surface area (TPSA) is 78.4 Å². The first-order chi connectivity index (χ1) is 9.93. The molecule has 0 aromatic heterocycles. The lowest BCUT2D eigenvalue weighted by atomic mass is 9.85. The third-order valence-electron chi connectivity index (χ3n) is 4.40. The molecule has 1 aliphatic carbocycles. The second kappa shape index (κ2) is 6.16. The van der Waals surface area contributed by atoms with Crippen LogP contribution in [0.15, 0.2) is 30.3 Å². The zero-order chi connectivity index (χ0) is 15.5. The van der Waals surface area contributed by atoms with Crippen LogP contribution in [0.4, 0.5) is 4.79 Å². The van der Waals surface area contributed by atoms with Crippen LogP contribution < -0.4 is 10.6 Å². The fraction of sp³-hybridized carbons (Fsp3) is 0.500. The molecule has 0 saturated heterocycles. The standard InChI is InChI=1S/C16H22N2O3/c1-11(12-7-4-3-5-8-12)17-15(21)18-13-9-6-10-16(13,2)14(19)20/h3-5,7-8,11,13H,6,9-10H2,1-2H3,(H,19,20)(H2,17,18,21). The number of benzene rings is 1. The van der Waals surface area contributed by atoms with Crippen LogP contribution in [0, 0.1) is 5.41 Å². The molecule has 1 aliphatic rings. The van der Waals surface area contributed by atoms with Crippen LogP contribution in [0.1, 0.15) is 44.7 Å². The van der Waals surface area contributed by atoms with Crippen LogP contribution in [0.25, 0.3) is 0 Å². The maximum absolute atomic E-state index is 12.1. The predicted molar refractivity (Wildman–Crippen MR) is 79.9 cm³/mol. The van der Waals surface area contributed by atoms with Crippen molar-refractivity contribution < 1.29 is 14.7 Å². The summed E-state index contributed by atoms with van der Waals surface area (Å²) in [6.07, 6.45) is 2.12. The van der Waals surface area contributed by atoms with Crippen molar-refractivity contribution in [3.05, 3.63) is 35.9 Å². The van der Waals surface area contributed by atoms with Gasteiger partial charge < -0.3 is 15.7 Å². The van der Waals surface area contributed by atoms with E-state index in [1.807, 2.05) is 37.3 Å². The summed E-state index contributed by atoms with van der Waals surface area (Å²) in [5.74, 6) is -0.846. The molecular formula is C16H22N2O3. The Kier molecular flexibility index (Phi) is 4.50. The van der Waals surface area contributed by atoms with E-state index in [1.54, 1.807) is 6.92 Å². The maximum Gasteiger partial charge on any atom is 0.315 e. The molecular weight excluding hydrogens is 268 g/mol. The summed E-state index contributed by atoms with van der Waals surface area (Å²) in [7, 11) is 0. The number of carbonyl (C=O) groups excluding carboxylic acids is 1. The molecule has 0 spiro atoms. The van der Waals surface area contributed by atoms with Crippen molar-refractivity contribution in [3.8, 4) is 0 Å². The highest BCUT2D eigenvalue weighted by Gasteiger charge is 2.45. The minimum atomic E-state index is -0.868. The fourth-order valence-electron chi connectivity index (χ4n) is 2.88. The van der Waals surface area contributed by atoms with Crippen molar-refractivity contribution in [2.45, 2.75) is 45.2 Å². The zero-order valence-corrected chi connectivity index (χ0v) is 12.4. The van der Waals surface area contributed by atoms with Crippen molar-refractivity contribution in [3.63, 3.8) is 0 Å². The minimum absolute atomic E-state index is 0.122. The molecule has 114 valence electrons. The van der Waals surface area contributed by atoms with E-state index < -0.39 is 11.4 Å². The van der Waals surface area contributed by atoms with E-state index in [4.69, 9.17) is 0 Å². The number of carboxylic acid groups (broad SMARTS) is 1. The third kappa shape index (κ3) is 3.35. The van der Waals surface area contributed by atoms with Gasteiger partial charge in [0, 0.05) is 6.04 Å². The molecule has 5 heteroatoms. The van der Waals surface area contributed by atoms with Crippen LogP contribution in [0.5, 0.6) is 0 Å². The fourth-order valence-corrected chi connectivity index (χ4v) is 2.88. The third-order valence-corrected chi connectivity index (χ3v) is 4.40. The number of carbonyl (C=O) groups is 2. The average molecular weight is 290 g/mol. The van der Waals surface area contributed by atoms with Gasteiger partial charge in [-0.25, -0.2) is 4.79 Å². The zero-order valence-electron chi connectivity index (χ0n) is 12.4. The van der Waals surface area contributed by atoms with Crippen LogP contribution in [0.3, 0.4) is 0 Å². The molecule has 3 atom stereocenters. The van der Waals surface area contributed by atoms with Crippen molar-refractivity contribution in [2.24, 2.45) is 5.41 Å². The van der Waals surface area contributed by atoms with E-state index in [1.165, 1.54) is 0 Å². The van der Waals surface area contributed by atoms with Crippen LogP contribution in [0.2, 0.25) is 0 Å². The molecule has 0 bridgehead atoms. The number of amides is 2. The molecule has 0 heterocycles. The Balaban J connectivity index is 1.94. The SMILES string of the molecule is CC(NC(=O)NC1CCCC1(C)C(=O)O)c1ccccc1. The molecule has 2 amide bonds. The van der Waals surface area contributed by atoms with E-state index in [0.29, 0.717) is 12.8 Å². The predicted octanol–water partition coefficient (Wildman–Crippen LogP) is 2.69. The molecule has 0 aliphatic heterocycles. The molecule has 3 unspecified atom stereocenters. The van der Waals surface area contributed by atoms with Gasteiger partial charge in [-0.05, 0) is 32.3 Å². The van der Waals surface area contributed by atoms with Gasteiger partial charge in [0.1, 0.15) is 0 Å². The monoisotopic (exact) mass is 290 g/mol. The van der Waals surface area contributed by atoms with Crippen molar-refractivity contribution in [2.75, 3.05) is 0 Å². The first kappa shape index (κ1) is 15.4. The van der Waals surface area contributed by atoms with E-state index in [-0.39, 0.29) is 18.1 Å². The van der Waals surface area contributed by atoms with Crippen molar-refractivity contribution in [1.82, 2.24) is 10.6 Å². The highest BCUT2D eigenvalue weighted by molar-refractivity contribution is 5.79. The lowest BCUT2D eigenvalue weighted by Gasteiger charge is -2.28. The Morgan fingerprint density at radius 2 is 2.00 bits per heavy atom. The summed E-state index contributed by atoms with van der Waals surface area (Å²) < 4.78 is 0. The average Bonchev–Trinajstić information content (AvgIpc) is 2.82. The smallest absolute Gasteiger partial charge is 0.315 e. The number of urea groups is 1. The van der Waals surface area contributed by atoms with Crippen LogP contribution in [-0.2, 0) is 4.79 Å². The molecule has 1 aromatic carbocycles. The van der Waals surface area contributed by atoms with E-state index in [0.717, 1.165) is 12.0 Å². The summed E-state index contributed by atoms with van der Waals surface area (Å²) in [6.45, 7) is 3.61. The molecule has 5 nitrogen and oxygen atoms in total. The quantitative estimate of drug-likeness (QED) is 0.797. The van der Waals surface area contributed by atoms with Gasteiger partial charge in [0.25, 0.3) is 0 Å². The van der Waals surface area contributed by atoms with Gasteiger partial charge in [0.05, 0.1) is 11.5 Å². The summed E-state index contributed by atoms with van der Waals surface area (Å²) in [5, 5.41) is 15.0. The van der Waals surface area contributed by atoms with E-state index in [2.05, 4.69) is 10.6 Å². The Hall–Kier alpha value is -2.04. The second-order valence-electron chi connectivity index (χ2n) is 5.92. The van der Waals surface area contributed by atoms with Crippen LogP contribution >= 0.6 is 0 Å². The highest BCUT2D eigenvalue weighted by Crippen LogP contribution is 2.38. The molecule has 21 heavy (non-hydrogen) atoms. The summed E-state index contributed by atoms with van der Waals surface area (Å²) in [4.78, 5) is 23.5. The molecule has 2 rings (SSSR count). The number of nitrogens with one attached hydrogen (secondary N) is 2. The maximum atomic E-state index is 12.1. The first-order valence-electron chi connectivity index (χ1n) is 7.29. The molecule has 1 aromatic rings. The second-order valence-corrected chi connectivity index (χ2v) is 5.92. The van der Waals surface area contributed by atoms with Crippen molar-refractivity contribution in [1.29, 1.82) is 0 Å². The number of aliphatic carboxylic acids is 1. The van der Waals surface area contributed by atoms with Crippen molar-refractivity contribution >= 4 is 12.0 Å². The van der Waals surface area contributed by atoms with E-state index in [9.17, 15) is 14.7 Å². The number of rotatable bonds is 4. The van der Waals surface area contributed by atoms with Gasteiger partial charge in [-0.1, -0.05) is 36.8 Å². The van der Waals surface area contributed by atoms with Gasteiger partial charge in [-0.2, -0.15) is 0 Å². The Morgan fingerprint density at radius 3 is 2.62 bits per heavy atom. The normalized spacial score (nSPS) is 26.1. The van der Waals surface area contributed by atoms with E-state index >= 15 is 0 Å². The van der Waals surface area contributed by atoms with Gasteiger partial charge in [0.2, 0.25) is 0 Å². The van der Waals surface area contributed by atoms with Gasteiger partial charge in [-0.15, -0.1) is 0 Å². The van der Waals surface area contributed by atoms with Gasteiger partial charge >= 0.3 is 12.0 Å². The summed E-state index contributed by atoms with van der Waals surface area (Å²) in [6, 6.07) is 8.90. The lowest BCUT2D eigenvalue weighted by molar-refractivity contribution is -0.148. The Morgan fingerprint density at radius 1 is 1.33 bits per heavy atom. The summed E-state index contributed by atoms with van der Waals surface area (Å²) in [5.41, 5.74) is 0.146. The number of carboxylic acids is 1. The van der Waals surface area contributed by atoms with Gasteiger partial charge in [-0.3, -0.25) is 4.79 Å². The molecule has 0 radical (unpaired) electrons.